The fourth-order valence-corrected chi connectivity index (χ4v) is 2.10. The van der Waals surface area contributed by atoms with Crippen molar-refractivity contribution in [1.29, 1.82) is 0 Å². The summed E-state index contributed by atoms with van der Waals surface area (Å²) < 4.78 is 5.92. The summed E-state index contributed by atoms with van der Waals surface area (Å²) in [5, 5.41) is 2.95. The van der Waals surface area contributed by atoms with Crippen molar-refractivity contribution in [3.05, 3.63) is 34.3 Å². The number of hydrogen-bond donors (Lipinski definition) is 2. The van der Waals surface area contributed by atoms with Crippen LogP contribution < -0.4 is 11.1 Å². The Morgan fingerprint density at radius 3 is 2.53 bits per heavy atom. The van der Waals surface area contributed by atoms with Gasteiger partial charge in [0.1, 0.15) is 6.04 Å². The van der Waals surface area contributed by atoms with Crippen molar-refractivity contribution in [2.45, 2.75) is 31.8 Å². The van der Waals surface area contributed by atoms with Gasteiger partial charge in [-0.1, -0.05) is 28.1 Å². The maximum absolute atomic E-state index is 11.9. The van der Waals surface area contributed by atoms with Gasteiger partial charge in [0.15, 0.2) is 0 Å². The largest absolute Gasteiger partial charge is 0.383 e. The van der Waals surface area contributed by atoms with Crippen molar-refractivity contribution < 1.29 is 9.53 Å². The second-order valence-corrected chi connectivity index (χ2v) is 6.15. The SMILES string of the molecule is COCC(N)C(=O)NC(C)(C)Cc1ccc(Br)cc1. The second-order valence-electron chi connectivity index (χ2n) is 5.24. The Kier molecular flexibility index (Phi) is 5.97. The monoisotopic (exact) mass is 328 g/mol. The molecular weight excluding hydrogens is 308 g/mol. The Labute approximate surface area is 122 Å². The Morgan fingerprint density at radius 1 is 1.42 bits per heavy atom. The molecule has 0 bridgehead atoms. The first kappa shape index (κ1) is 16.1. The maximum Gasteiger partial charge on any atom is 0.239 e. The fourth-order valence-electron chi connectivity index (χ4n) is 1.84. The summed E-state index contributed by atoms with van der Waals surface area (Å²) in [4.78, 5) is 11.9. The van der Waals surface area contributed by atoms with E-state index in [2.05, 4.69) is 21.2 Å². The molecule has 1 amide bonds. The zero-order valence-electron chi connectivity index (χ0n) is 11.6. The molecule has 0 aromatic heterocycles. The first-order chi connectivity index (χ1) is 8.84. The Balaban J connectivity index is 2.60. The van der Waals surface area contributed by atoms with E-state index in [0.717, 1.165) is 16.5 Å². The van der Waals surface area contributed by atoms with E-state index in [1.807, 2.05) is 38.1 Å². The van der Waals surface area contributed by atoms with Crippen LogP contribution in [0.3, 0.4) is 0 Å². The third-order valence-electron chi connectivity index (χ3n) is 2.70. The highest BCUT2D eigenvalue weighted by atomic mass is 79.9. The highest BCUT2D eigenvalue weighted by molar-refractivity contribution is 9.10. The molecule has 0 aliphatic carbocycles. The number of ether oxygens (including phenoxy) is 1. The molecule has 1 aromatic rings. The van der Waals surface area contributed by atoms with Gasteiger partial charge in [0.05, 0.1) is 6.61 Å². The van der Waals surface area contributed by atoms with Gasteiger partial charge < -0.3 is 15.8 Å². The zero-order valence-corrected chi connectivity index (χ0v) is 13.2. The first-order valence-electron chi connectivity index (χ1n) is 6.15. The van der Waals surface area contributed by atoms with Crippen LogP contribution in [0, 0.1) is 0 Å². The third kappa shape index (κ3) is 5.72. The van der Waals surface area contributed by atoms with Crippen LogP contribution in [0.5, 0.6) is 0 Å². The van der Waals surface area contributed by atoms with Crippen molar-refractivity contribution in [3.8, 4) is 0 Å². The van der Waals surface area contributed by atoms with Gasteiger partial charge in [0.25, 0.3) is 0 Å². The molecule has 0 saturated heterocycles. The molecule has 106 valence electrons. The second kappa shape index (κ2) is 7.03. The normalized spacial score (nSPS) is 13.1. The number of methoxy groups -OCH3 is 1. The predicted molar refractivity (Wildman–Crippen MR) is 79.9 cm³/mol. The molecule has 5 heteroatoms. The van der Waals surface area contributed by atoms with Crippen LogP contribution in [-0.4, -0.2) is 31.2 Å². The molecule has 4 nitrogen and oxygen atoms in total. The van der Waals surface area contributed by atoms with Crippen LogP contribution in [0.2, 0.25) is 0 Å². The molecule has 1 atom stereocenters. The Morgan fingerprint density at radius 2 is 2.00 bits per heavy atom. The van der Waals surface area contributed by atoms with Crippen molar-refractivity contribution in [2.24, 2.45) is 5.73 Å². The Hall–Kier alpha value is -0.910. The topological polar surface area (TPSA) is 64.3 Å². The summed E-state index contributed by atoms with van der Waals surface area (Å²) in [5.74, 6) is -0.191. The van der Waals surface area contributed by atoms with Gasteiger partial charge in [-0.3, -0.25) is 4.79 Å². The van der Waals surface area contributed by atoms with E-state index in [1.165, 1.54) is 7.11 Å². The fraction of sp³-hybridized carbons (Fsp3) is 0.500. The number of rotatable bonds is 6. The number of hydrogen-bond acceptors (Lipinski definition) is 3. The van der Waals surface area contributed by atoms with Gasteiger partial charge in [-0.15, -0.1) is 0 Å². The van der Waals surface area contributed by atoms with E-state index in [0.29, 0.717) is 0 Å². The molecule has 19 heavy (non-hydrogen) atoms. The van der Waals surface area contributed by atoms with Gasteiger partial charge in [-0.25, -0.2) is 0 Å². The zero-order chi connectivity index (χ0) is 14.5. The number of halogens is 1. The molecule has 0 heterocycles. The molecule has 0 spiro atoms. The summed E-state index contributed by atoms with van der Waals surface area (Å²) in [6, 6.07) is 7.42. The molecule has 0 aliphatic heterocycles. The van der Waals surface area contributed by atoms with Gasteiger partial charge in [-0.05, 0) is 38.0 Å². The van der Waals surface area contributed by atoms with E-state index in [-0.39, 0.29) is 18.1 Å². The maximum atomic E-state index is 11.9. The minimum atomic E-state index is -0.630. The first-order valence-corrected chi connectivity index (χ1v) is 6.94. The lowest BCUT2D eigenvalue weighted by Crippen LogP contribution is -2.52. The summed E-state index contributed by atoms with van der Waals surface area (Å²) in [6.07, 6.45) is 0.742. The molecule has 1 rings (SSSR count). The minimum Gasteiger partial charge on any atom is -0.383 e. The molecule has 0 saturated carbocycles. The number of carbonyl (C=O) groups excluding carboxylic acids is 1. The molecule has 0 aliphatic rings. The van der Waals surface area contributed by atoms with Crippen molar-refractivity contribution in [3.63, 3.8) is 0 Å². The lowest BCUT2D eigenvalue weighted by Gasteiger charge is -2.28. The summed E-state index contributed by atoms with van der Waals surface area (Å²) in [5.41, 5.74) is 6.51. The van der Waals surface area contributed by atoms with Crippen LogP contribution >= 0.6 is 15.9 Å². The highest BCUT2D eigenvalue weighted by Gasteiger charge is 2.24. The molecule has 0 fully saturated rings. The van der Waals surface area contributed by atoms with Crippen molar-refractivity contribution in [2.75, 3.05) is 13.7 Å². The smallest absolute Gasteiger partial charge is 0.239 e. The molecule has 0 radical (unpaired) electrons. The van der Waals surface area contributed by atoms with Crippen LogP contribution in [0.1, 0.15) is 19.4 Å². The van der Waals surface area contributed by atoms with Crippen LogP contribution in [0.4, 0.5) is 0 Å². The highest BCUT2D eigenvalue weighted by Crippen LogP contribution is 2.16. The number of benzene rings is 1. The van der Waals surface area contributed by atoms with Gasteiger partial charge in [0.2, 0.25) is 5.91 Å². The van der Waals surface area contributed by atoms with E-state index < -0.39 is 6.04 Å². The van der Waals surface area contributed by atoms with Gasteiger partial charge in [-0.2, -0.15) is 0 Å². The van der Waals surface area contributed by atoms with Crippen LogP contribution in [0.25, 0.3) is 0 Å². The number of nitrogens with two attached hydrogens (primary N) is 1. The summed E-state index contributed by atoms with van der Waals surface area (Å²) >= 11 is 3.40. The standard InChI is InChI=1S/C14H21BrN2O2/c1-14(2,17-13(18)12(16)9-19-3)8-10-4-6-11(15)7-5-10/h4-7,12H,8-9,16H2,1-3H3,(H,17,18). The quantitative estimate of drug-likeness (QED) is 0.837. The number of carbonyl (C=O) groups is 1. The van der Waals surface area contributed by atoms with Gasteiger partial charge in [0, 0.05) is 17.1 Å². The average Bonchev–Trinajstić information content (AvgIpc) is 2.31. The number of nitrogens with one attached hydrogen (secondary N) is 1. The van der Waals surface area contributed by atoms with Crippen molar-refractivity contribution in [1.82, 2.24) is 5.32 Å². The van der Waals surface area contributed by atoms with Crippen LogP contribution in [0.15, 0.2) is 28.7 Å². The minimum absolute atomic E-state index is 0.191. The lowest BCUT2D eigenvalue weighted by molar-refractivity contribution is -0.125. The van der Waals surface area contributed by atoms with Crippen LogP contribution in [-0.2, 0) is 16.0 Å². The summed E-state index contributed by atoms with van der Waals surface area (Å²) in [7, 11) is 1.53. The number of amides is 1. The van der Waals surface area contributed by atoms with E-state index in [4.69, 9.17) is 10.5 Å². The Bertz CT molecular complexity index is 418. The lowest BCUT2D eigenvalue weighted by atomic mass is 9.94. The van der Waals surface area contributed by atoms with E-state index in [1.54, 1.807) is 0 Å². The average molecular weight is 329 g/mol. The summed E-state index contributed by atoms with van der Waals surface area (Å²) in [6.45, 7) is 4.18. The van der Waals surface area contributed by atoms with E-state index in [9.17, 15) is 4.79 Å². The molecule has 1 aromatic carbocycles. The molecule has 1 unspecified atom stereocenters. The molecule has 3 N–H and O–H groups in total. The predicted octanol–water partition coefficient (Wildman–Crippen LogP) is 1.86. The van der Waals surface area contributed by atoms with E-state index >= 15 is 0 Å². The van der Waals surface area contributed by atoms with Crippen molar-refractivity contribution >= 4 is 21.8 Å². The van der Waals surface area contributed by atoms with Gasteiger partial charge >= 0.3 is 0 Å². The third-order valence-corrected chi connectivity index (χ3v) is 3.23. The molecular formula is C14H21BrN2O2.